The van der Waals surface area contributed by atoms with Crippen molar-refractivity contribution >= 4 is 17.3 Å². The van der Waals surface area contributed by atoms with Crippen LogP contribution in [0.3, 0.4) is 0 Å². The molecule has 0 spiro atoms. The fraction of sp³-hybridized carbons (Fsp3) is 0.0952. The minimum atomic E-state index is -0.0295. The highest BCUT2D eigenvalue weighted by Crippen LogP contribution is 2.37. The highest BCUT2D eigenvalue weighted by atomic mass is 16.1. The van der Waals surface area contributed by atoms with E-state index in [2.05, 4.69) is 55.5 Å². The third-order valence-electron chi connectivity index (χ3n) is 8.32. The molecule has 2 N–H and O–H groups in total. The molecule has 0 bridgehead atoms. The zero-order valence-electron chi connectivity index (χ0n) is 25.8. The van der Waals surface area contributed by atoms with Crippen molar-refractivity contribution in [3.8, 4) is 22.3 Å². The summed E-state index contributed by atoms with van der Waals surface area (Å²) in [7, 11) is 0. The second-order valence-corrected chi connectivity index (χ2v) is 11.7. The summed E-state index contributed by atoms with van der Waals surface area (Å²) < 4.78 is 0. The lowest BCUT2D eigenvalue weighted by Gasteiger charge is -2.05. The largest absolute Gasteiger partial charge is 0.398 e. The lowest BCUT2D eigenvalue weighted by atomic mass is 10.0. The number of carbonyl (C=O) groups is 2. The van der Waals surface area contributed by atoms with Crippen molar-refractivity contribution in [1.82, 2.24) is 0 Å². The summed E-state index contributed by atoms with van der Waals surface area (Å²) in [5, 5.41) is 0. The number of anilines is 1. The predicted octanol–water partition coefficient (Wildman–Crippen LogP) is 9.58. The molecule has 0 radical (unpaired) electrons. The number of aryl methyl sites for hydroxylation is 3. The van der Waals surface area contributed by atoms with Crippen molar-refractivity contribution in [2.24, 2.45) is 0 Å². The van der Waals surface area contributed by atoms with Gasteiger partial charge in [0.15, 0.2) is 11.6 Å². The number of carbonyl (C=O) groups excluding carboxylic acids is 2. The Kier molecular flexibility index (Phi) is 8.26. The van der Waals surface area contributed by atoms with E-state index in [9.17, 15) is 9.59 Å². The van der Waals surface area contributed by atoms with Crippen LogP contribution < -0.4 is 5.73 Å². The molecule has 3 nitrogen and oxygen atoms in total. The van der Waals surface area contributed by atoms with Gasteiger partial charge in [0, 0.05) is 27.9 Å². The van der Waals surface area contributed by atoms with E-state index in [4.69, 9.17) is 5.73 Å². The molecule has 0 fully saturated rings. The molecule has 6 aromatic rings. The first-order chi connectivity index (χ1) is 21.8. The van der Waals surface area contributed by atoms with Gasteiger partial charge in [-0.1, -0.05) is 132 Å². The minimum Gasteiger partial charge on any atom is -0.398 e. The minimum absolute atomic E-state index is 0.0295. The van der Waals surface area contributed by atoms with Crippen molar-refractivity contribution in [3.05, 3.63) is 184 Å². The Balaban J connectivity index is 0.000000119. The summed E-state index contributed by atoms with van der Waals surface area (Å²) >= 11 is 0. The van der Waals surface area contributed by atoms with Crippen LogP contribution in [0.15, 0.2) is 133 Å². The second-order valence-electron chi connectivity index (χ2n) is 11.7. The molecule has 0 heterocycles. The normalized spacial score (nSPS) is 11.6. The van der Waals surface area contributed by atoms with Gasteiger partial charge < -0.3 is 5.73 Å². The van der Waals surface area contributed by atoms with Crippen LogP contribution in [-0.2, 0) is 6.42 Å². The van der Waals surface area contributed by atoms with E-state index in [0.29, 0.717) is 16.8 Å². The third kappa shape index (κ3) is 6.11. The summed E-state index contributed by atoms with van der Waals surface area (Å²) in [6, 6.07) is 43.9. The first kappa shape index (κ1) is 29.5. The van der Waals surface area contributed by atoms with Crippen LogP contribution in [0.1, 0.15) is 59.7 Å². The lowest BCUT2D eigenvalue weighted by Crippen LogP contribution is -2.05. The van der Waals surface area contributed by atoms with Crippen LogP contribution in [0.2, 0.25) is 0 Å². The van der Waals surface area contributed by atoms with Crippen LogP contribution in [0.25, 0.3) is 22.3 Å². The first-order valence-electron chi connectivity index (χ1n) is 15.2. The van der Waals surface area contributed by atoms with E-state index >= 15 is 0 Å². The number of rotatable bonds is 2. The van der Waals surface area contributed by atoms with Gasteiger partial charge in [0.05, 0.1) is 0 Å². The summed E-state index contributed by atoms with van der Waals surface area (Å²) in [5.74, 6) is 0.124. The number of nitrogen functional groups attached to an aromatic ring is 1. The Hall–Kier alpha value is -5.54. The average Bonchev–Trinajstić information content (AvgIpc) is 3.56. The number of hydrogen-bond acceptors (Lipinski definition) is 3. The molecular formula is C42H35NO2. The van der Waals surface area contributed by atoms with Crippen molar-refractivity contribution in [1.29, 1.82) is 0 Å². The molecular weight excluding hydrogens is 550 g/mol. The molecule has 0 saturated heterocycles. The monoisotopic (exact) mass is 585 g/mol. The first-order valence-corrected chi connectivity index (χ1v) is 15.2. The van der Waals surface area contributed by atoms with Crippen molar-refractivity contribution in [2.75, 3.05) is 5.73 Å². The highest BCUT2D eigenvalue weighted by molar-refractivity contribution is 6.21. The SMILES string of the molecule is Cc1ccc(C(=O)c2ccccc2)c(N)c1.Cc1ccc2c(c1)-c1ccccc1C2.Cc1ccc2c(c1)-c1ccccc1C2=O. The Morgan fingerprint density at radius 3 is 1.78 bits per heavy atom. The van der Waals surface area contributed by atoms with E-state index in [1.807, 2.05) is 80.6 Å². The van der Waals surface area contributed by atoms with E-state index in [1.165, 1.54) is 33.4 Å². The van der Waals surface area contributed by atoms with Gasteiger partial charge in [0.1, 0.15) is 0 Å². The fourth-order valence-corrected chi connectivity index (χ4v) is 6.01. The molecule has 45 heavy (non-hydrogen) atoms. The smallest absolute Gasteiger partial charge is 0.195 e. The van der Waals surface area contributed by atoms with Crippen molar-refractivity contribution in [2.45, 2.75) is 27.2 Å². The molecule has 3 heteroatoms. The number of nitrogens with two attached hydrogens (primary N) is 1. The molecule has 0 aliphatic heterocycles. The van der Waals surface area contributed by atoms with Gasteiger partial charge in [-0.25, -0.2) is 0 Å². The third-order valence-corrected chi connectivity index (χ3v) is 8.32. The lowest BCUT2D eigenvalue weighted by molar-refractivity contribution is 0.103. The van der Waals surface area contributed by atoms with Gasteiger partial charge in [-0.15, -0.1) is 0 Å². The van der Waals surface area contributed by atoms with Crippen LogP contribution in [0.4, 0.5) is 5.69 Å². The van der Waals surface area contributed by atoms with Crippen LogP contribution in [-0.4, -0.2) is 11.6 Å². The van der Waals surface area contributed by atoms with Gasteiger partial charge in [0.2, 0.25) is 0 Å². The Labute approximate surface area is 265 Å². The fourth-order valence-electron chi connectivity index (χ4n) is 6.01. The van der Waals surface area contributed by atoms with E-state index < -0.39 is 0 Å². The maximum Gasteiger partial charge on any atom is 0.195 e. The average molecular weight is 586 g/mol. The zero-order chi connectivity index (χ0) is 31.5. The van der Waals surface area contributed by atoms with Gasteiger partial charge in [-0.05, 0) is 78.3 Å². The van der Waals surface area contributed by atoms with Gasteiger partial charge in [-0.2, -0.15) is 0 Å². The molecule has 0 aromatic heterocycles. The molecule has 6 aromatic carbocycles. The van der Waals surface area contributed by atoms with Gasteiger partial charge >= 0.3 is 0 Å². The topological polar surface area (TPSA) is 60.2 Å². The quantitative estimate of drug-likeness (QED) is 0.162. The number of benzene rings is 6. The van der Waals surface area contributed by atoms with Crippen LogP contribution in [0.5, 0.6) is 0 Å². The molecule has 2 aliphatic carbocycles. The number of fused-ring (bicyclic) bond motifs is 6. The van der Waals surface area contributed by atoms with Gasteiger partial charge in [0.25, 0.3) is 0 Å². The zero-order valence-corrected chi connectivity index (χ0v) is 25.8. The van der Waals surface area contributed by atoms with E-state index in [0.717, 1.165) is 34.2 Å². The Bertz CT molecular complexity index is 2060. The number of hydrogen-bond donors (Lipinski definition) is 1. The summed E-state index contributed by atoms with van der Waals surface area (Å²) in [6.07, 6.45) is 1.10. The van der Waals surface area contributed by atoms with E-state index in [-0.39, 0.29) is 11.6 Å². The number of ketones is 2. The molecule has 220 valence electrons. The standard InChI is InChI=1S/C14H13NO.C14H10O.C14H12/c1-10-7-8-12(13(15)9-10)14(16)11-5-3-2-4-6-11;1-9-6-7-12-13(8-9)10-4-2-3-5-11(10)14(12)15;1-10-6-7-12-9-11-4-2-3-5-13(11)14(12)8-10/h2-9H,15H2,1H3;2-8H,1H3;2-8H,9H2,1H3. The Morgan fingerprint density at radius 1 is 0.511 bits per heavy atom. The molecule has 0 saturated carbocycles. The summed E-state index contributed by atoms with van der Waals surface area (Å²) in [6.45, 7) is 6.15. The van der Waals surface area contributed by atoms with E-state index in [1.54, 1.807) is 18.2 Å². The molecule has 0 amide bonds. The summed E-state index contributed by atoms with van der Waals surface area (Å²) in [5.41, 5.74) is 20.8. The van der Waals surface area contributed by atoms with Gasteiger partial charge in [-0.3, -0.25) is 9.59 Å². The maximum atomic E-state index is 12.1. The predicted molar refractivity (Wildman–Crippen MR) is 185 cm³/mol. The molecule has 0 atom stereocenters. The highest BCUT2D eigenvalue weighted by Gasteiger charge is 2.25. The molecule has 2 aliphatic rings. The molecule has 0 unspecified atom stereocenters. The maximum absolute atomic E-state index is 12.1. The van der Waals surface area contributed by atoms with Crippen molar-refractivity contribution < 1.29 is 9.59 Å². The van der Waals surface area contributed by atoms with Crippen LogP contribution in [0, 0.1) is 20.8 Å². The summed E-state index contributed by atoms with van der Waals surface area (Å²) in [4.78, 5) is 24.1. The van der Waals surface area contributed by atoms with Crippen molar-refractivity contribution in [3.63, 3.8) is 0 Å². The molecule has 8 rings (SSSR count). The second kappa shape index (κ2) is 12.6. The Morgan fingerprint density at radius 2 is 1.04 bits per heavy atom. The van der Waals surface area contributed by atoms with Crippen LogP contribution >= 0.6 is 0 Å².